The second-order valence-electron chi connectivity index (χ2n) is 4.93. The number of hydrogen-bond acceptors (Lipinski definition) is 1. The zero-order valence-corrected chi connectivity index (χ0v) is 14.6. The number of benzene rings is 2. The summed E-state index contributed by atoms with van der Waals surface area (Å²) in [5.74, 6) is 0. The van der Waals surface area contributed by atoms with E-state index >= 15 is 0 Å². The molecule has 0 aliphatic rings. The number of rotatable bonds is 4. The third kappa shape index (κ3) is 4.55. The highest BCUT2D eigenvalue weighted by Gasteiger charge is 2.10. The van der Waals surface area contributed by atoms with Crippen molar-refractivity contribution >= 4 is 38.9 Å². The van der Waals surface area contributed by atoms with Crippen LogP contribution in [0.2, 0.25) is 0 Å². The number of nitrogens with one attached hydrogen (secondary N) is 2. The van der Waals surface area contributed by atoms with Crippen LogP contribution >= 0.6 is 28.1 Å². The van der Waals surface area contributed by atoms with Crippen LogP contribution in [0.15, 0.2) is 53.0 Å². The van der Waals surface area contributed by atoms with Crippen LogP contribution < -0.4 is 10.6 Å². The molecule has 0 bridgehead atoms. The Morgan fingerprint density at radius 1 is 1.19 bits per heavy atom. The van der Waals surface area contributed by atoms with E-state index in [1.54, 1.807) is 0 Å². The lowest BCUT2D eigenvalue weighted by molar-refractivity contribution is 0.629. The third-order valence-electron chi connectivity index (χ3n) is 3.33. The van der Waals surface area contributed by atoms with E-state index in [1.807, 2.05) is 30.3 Å². The molecule has 0 aliphatic carbocycles. The van der Waals surface area contributed by atoms with Crippen LogP contribution in [0.1, 0.15) is 30.5 Å². The fourth-order valence-electron chi connectivity index (χ4n) is 2.15. The second-order valence-corrected chi connectivity index (χ2v) is 6.20. The number of halogens is 1. The molecule has 0 fully saturated rings. The van der Waals surface area contributed by atoms with Gasteiger partial charge in [0.2, 0.25) is 0 Å². The standard InChI is InChI=1S/C17H19BrN2S/c1-3-16(13-7-5-4-6-8-13)20-17(21)19-14-9-10-15(18)12(2)11-14/h4-11,16H,3H2,1-2H3,(H2,19,20,21). The van der Waals surface area contributed by atoms with Gasteiger partial charge in [0.15, 0.2) is 5.11 Å². The molecule has 21 heavy (non-hydrogen) atoms. The Hall–Kier alpha value is -1.39. The van der Waals surface area contributed by atoms with E-state index in [-0.39, 0.29) is 6.04 Å². The second kappa shape index (κ2) is 7.57. The lowest BCUT2D eigenvalue weighted by Gasteiger charge is -2.20. The van der Waals surface area contributed by atoms with E-state index in [9.17, 15) is 0 Å². The zero-order valence-electron chi connectivity index (χ0n) is 12.2. The Kier molecular flexibility index (Phi) is 5.76. The maximum absolute atomic E-state index is 5.42. The zero-order chi connectivity index (χ0) is 15.2. The predicted octanol–water partition coefficient (Wildman–Crippen LogP) is 5.20. The Balaban J connectivity index is 2.01. The quantitative estimate of drug-likeness (QED) is 0.731. The van der Waals surface area contributed by atoms with Gasteiger partial charge >= 0.3 is 0 Å². The van der Waals surface area contributed by atoms with Crippen molar-refractivity contribution in [2.75, 3.05) is 5.32 Å². The van der Waals surface area contributed by atoms with Crippen molar-refractivity contribution in [2.45, 2.75) is 26.3 Å². The molecule has 2 rings (SSSR count). The van der Waals surface area contributed by atoms with Gasteiger partial charge in [-0.1, -0.05) is 53.2 Å². The van der Waals surface area contributed by atoms with E-state index in [0.29, 0.717) is 5.11 Å². The average molecular weight is 363 g/mol. The summed E-state index contributed by atoms with van der Waals surface area (Å²) in [5.41, 5.74) is 3.42. The summed E-state index contributed by atoms with van der Waals surface area (Å²) >= 11 is 8.92. The molecule has 0 amide bonds. The first-order chi connectivity index (χ1) is 10.1. The number of anilines is 1. The van der Waals surface area contributed by atoms with E-state index in [4.69, 9.17) is 12.2 Å². The molecule has 1 unspecified atom stereocenters. The Bertz CT molecular complexity index is 613. The summed E-state index contributed by atoms with van der Waals surface area (Å²) in [5, 5.41) is 7.26. The van der Waals surface area contributed by atoms with Crippen molar-refractivity contribution in [1.82, 2.24) is 5.32 Å². The summed E-state index contributed by atoms with van der Waals surface area (Å²) in [4.78, 5) is 0. The first-order valence-corrected chi connectivity index (χ1v) is 8.19. The van der Waals surface area contributed by atoms with Crippen LogP contribution in [0.5, 0.6) is 0 Å². The molecule has 0 spiro atoms. The molecule has 0 heterocycles. The van der Waals surface area contributed by atoms with Crippen LogP contribution in [0, 0.1) is 6.92 Å². The van der Waals surface area contributed by atoms with Crippen LogP contribution in [0.25, 0.3) is 0 Å². The molecule has 4 heteroatoms. The van der Waals surface area contributed by atoms with Gasteiger partial charge in [-0.2, -0.15) is 0 Å². The first-order valence-electron chi connectivity index (χ1n) is 6.98. The molecular weight excluding hydrogens is 344 g/mol. The highest BCUT2D eigenvalue weighted by atomic mass is 79.9. The van der Waals surface area contributed by atoms with Crippen molar-refractivity contribution in [3.05, 3.63) is 64.1 Å². The summed E-state index contributed by atoms with van der Waals surface area (Å²) in [6.45, 7) is 4.21. The van der Waals surface area contributed by atoms with Gasteiger partial charge in [-0.25, -0.2) is 0 Å². The fraction of sp³-hybridized carbons (Fsp3) is 0.235. The molecule has 0 aliphatic heterocycles. The smallest absolute Gasteiger partial charge is 0.171 e. The van der Waals surface area contributed by atoms with E-state index in [2.05, 4.69) is 58.6 Å². The number of hydrogen-bond donors (Lipinski definition) is 2. The maximum atomic E-state index is 5.42. The fourth-order valence-corrected chi connectivity index (χ4v) is 2.66. The Morgan fingerprint density at radius 2 is 1.90 bits per heavy atom. The Labute approximate surface area is 140 Å². The first kappa shape index (κ1) is 16.0. The van der Waals surface area contributed by atoms with Gasteiger partial charge in [0.1, 0.15) is 0 Å². The minimum absolute atomic E-state index is 0.225. The van der Waals surface area contributed by atoms with Gasteiger partial charge in [0.25, 0.3) is 0 Å². The van der Waals surface area contributed by atoms with Crippen molar-refractivity contribution in [3.63, 3.8) is 0 Å². The van der Waals surface area contributed by atoms with Gasteiger partial charge in [0.05, 0.1) is 6.04 Å². The molecular formula is C17H19BrN2S. The third-order valence-corrected chi connectivity index (χ3v) is 4.44. The predicted molar refractivity (Wildman–Crippen MR) is 97.7 cm³/mol. The van der Waals surface area contributed by atoms with Gasteiger partial charge < -0.3 is 10.6 Å². The molecule has 2 N–H and O–H groups in total. The van der Waals surface area contributed by atoms with Crippen LogP contribution in [0.3, 0.4) is 0 Å². The van der Waals surface area contributed by atoms with Gasteiger partial charge in [-0.15, -0.1) is 0 Å². The van der Waals surface area contributed by atoms with Crippen molar-refractivity contribution in [3.8, 4) is 0 Å². The van der Waals surface area contributed by atoms with E-state index < -0.39 is 0 Å². The van der Waals surface area contributed by atoms with Crippen LogP contribution in [-0.2, 0) is 0 Å². The van der Waals surface area contributed by atoms with Crippen molar-refractivity contribution in [2.24, 2.45) is 0 Å². The summed E-state index contributed by atoms with van der Waals surface area (Å²) in [7, 11) is 0. The van der Waals surface area contributed by atoms with E-state index in [0.717, 1.165) is 16.6 Å². The van der Waals surface area contributed by atoms with Crippen molar-refractivity contribution in [1.29, 1.82) is 0 Å². The van der Waals surface area contributed by atoms with Gasteiger partial charge in [-0.05, 0) is 54.9 Å². The van der Waals surface area contributed by atoms with Crippen molar-refractivity contribution < 1.29 is 0 Å². The summed E-state index contributed by atoms with van der Waals surface area (Å²) in [6, 6.07) is 16.7. The van der Waals surface area contributed by atoms with E-state index in [1.165, 1.54) is 11.1 Å². The Morgan fingerprint density at radius 3 is 2.52 bits per heavy atom. The molecule has 1 atom stereocenters. The highest BCUT2D eigenvalue weighted by molar-refractivity contribution is 9.10. The lowest BCUT2D eigenvalue weighted by atomic mass is 10.1. The normalized spacial score (nSPS) is 11.8. The molecule has 110 valence electrons. The molecule has 0 saturated heterocycles. The molecule has 2 nitrogen and oxygen atoms in total. The summed E-state index contributed by atoms with van der Waals surface area (Å²) in [6.07, 6.45) is 0.977. The van der Waals surface area contributed by atoms with Crippen LogP contribution in [-0.4, -0.2) is 5.11 Å². The van der Waals surface area contributed by atoms with Gasteiger partial charge in [-0.3, -0.25) is 0 Å². The lowest BCUT2D eigenvalue weighted by Crippen LogP contribution is -2.32. The average Bonchev–Trinajstić information content (AvgIpc) is 2.49. The molecule has 0 radical (unpaired) electrons. The maximum Gasteiger partial charge on any atom is 0.171 e. The molecule has 2 aromatic carbocycles. The molecule has 0 aromatic heterocycles. The number of thiocarbonyl (C=S) groups is 1. The van der Waals surface area contributed by atoms with Crippen LogP contribution in [0.4, 0.5) is 5.69 Å². The summed E-state index contributed by atoms with van der Waals surface area (Å²) < 4.78 is 1.10. The largest absolute Gasteiger partial charge is 0.356 e. The highest BCUT2D eigenvalue weighted by Crippen LogP contribution is 2.20. The minimum atomic E-state index is 0.225. The topological polar surface area (TPSA) is 24.1 Å². The van der Waals surface area contributed by atoms with Gasteiger partial charge in [0, 0.05) is 10.2 Å². The minimum Gasteiger partial charge on any atom is -0.356 e. The molecule has 2 aromatic rings. The molecule has 0 saturated carbocycles. The SMILES string of the molecule is CCC(NC(=S)Nc1ccc(Br)c(C)c1)c1ccccc1. The number of aryl methyl sites for hydroxylation is 1. The monoisotopic (exact) mass is 362 g/mol.